The summed E-state index contributed by atoms with van der Waals surface area (Å²) in [6, 6.07) is 8.45. The summed E-state index contributed by atoms with van der Waals surface area (Å²) < 4.78 is 5.85. The first-order valence-corrected chi connectivity index (χ1v) is 8.55. The summed E-state index contributed by atoms with van der Waals surface area (Å²) in [4.78, 5) is 5.96. The van der Waals surface area contributed by atoms with Crippen molar-refractivity contribution in [2.45, 2.75) is 39.7 Å². The largest absolute Gasteiger partial charge is 0.477 e. The molecule has 2 heterocycles. The van der Waals surface area contributed by atoms with Gasteiger partial charge in [0.05, 0.1) is 6.61 Å². The second kappa shape index (κ2) is 8.80. The smallest absolute Gasteiger partial charge is 0.213 e. The van der Waals surface area contributed by atoms with E-state index < -0.39 is 0 Å². The number of nitrogens with zero attached hydrogens (tertiary/aromatic N) is 1. The quantitative estimate of drug-likeness (QED) is 0.764. The molecule has 0 saturated carbocycles. The first-order valence-electron chi connectivity index (χ1n) is 7.67. The number of aromatic nitrogens is 1. The molecule has 0 aliphatic carbocycles. The molecule has 0 radical (unpaired) electrons. The van der Waals surface area contributed by atoms with E-state index in [0.717, 1.165) is 43.9 Å². The van der Waals surface area contributed by atoms with Crippen LogP contribution in [0.4, 0.5) is 0 Å². The minimum atomic E-state index is 0.684. The predicted molar refractivity (Wildman–Crippen MR) is 89.1 cm³/mol. The van der Waals surface area contributed by atoms with E-state index in [0.29, 0.717) is 6.61 Å². The second-order valence-electron chi connectivity index (χ2n) is 5.01. The van der Waals surface area contributed by atoms with Crippen LogP contribution in [0.1, 0.15) is 36.4 Å². The zero-order chi connectivity index (χ0) is 14.9. The zero-order valence-corrected chi connectivity index (χ0v) is 13.7. The Morgan fingerprint density at radius 3 is 2.86 bits per heavy atom. The number of thiophene rings is 1. The van der Waals surface area contributed by atoms with Crippen molar-refractivity contribution in [3.8, 4) is 5.88 Å². The number of rotatable bonds is 9. The third-order valence-electron chi connectivity index (χ3n) is 3.18. The number of nitrogens with one attached hydrogen (secondary N) is 1. The van der Waals surface area contributed by atoms with Crippen molar-refractivity contribution in [3.05, 3.63) is 45.8 Å². The molecule has 2 aromatic heterocycles. The predicted octanol–water partition coefficient (Wildman–Crippen LogP) is 3.83. The Bertz CT molecular complexity index is 526. The molecule has 1 N–H and O–H groups in total. The molecule has 0 saturated heterocycles. The molecule has 2 aromatic rings. The van der Waals surface area contributed by atoms with Gasteiger partial charge < -0.3 is 10.1 Å². The fourth-order valence-electron chi connectivity index (χ4n) is 2.16. The average Bonchev–Trinajstić information content (AvgIpc) is 2.99. The van der Waals surface area contributed by atoms with E-state index in [9.17, 15) is 0 Å². The summed E-state index contributed by atoms with van der Waals surface area (Å²) in [5.74, 6) is 0.755. The van der Waals surface area contributed by atoms with Gasteiger partial charge in [-0.2, -0.15) is 0 Å². The monoisotopic (exact) mass is 304 g/mol. The fourth-order valence-corrected chi connectivity index (χ4v) is 2.85. The van der Waals surface area contributed by atoms with Crippen LogP contribution in [0.25, 0.3) is 0 Å². The fraction of sp³-hybridized carbons (Fsp3) is 0.471. The Hall–Kier alpha value is -1.39. The van der Waals surface area contributed by atoms with E-state index in [1.54, 1.807) is 11.3 Å². The summed E-state index contributed by atoms with van der Waals surface area (Å²) in [5.41, 5.74) is 2.38. The molecule has 3 nitrogen and oxygen atoms in total. The standard InChI is InChI=1S/C17H24N2OS/c1-3-6-15-11-14(13-18-4-2)12-17(19-15)20-9-8-16-7-5-10-21-16/h5,7,10-12,18H,3-4,6,8-9,13H2,1-2H3. The number of pyridine rings is 1. The van der Waals surface area contributed by atoms with Gasteiger partial charge in [0.15, 0.2) is 0 Å². The topological polar surface area (TPSA) is 34.1 Å². The first kappa shape index (κ1) is 16.0. The molecule has 114 valence electrons. The van der Waals surface area contributed by atoms with Gasteiger partial charge in [0.25, 0.3) is 0 Å². The maximum Gasteiger partial charge on any atom is 0.213 e. The second-order valence-corrected chi connectivity index (χ2v) is 6.05. The van der Waals surface area contributed by atoms with Crippen LogP contribution >= 0.6 is 11.3 Å². The first-order chi connectivity index (χ1) is 10.3. The highest BCUT2D eigenvalue weighted by molar-refractivity contribution is 7.09. The molecule has 0 aromatic carbocycles. The van der Waals surface area contributed by atoms with Crippen molar-refractivity contribution in [1.29, 1.82) is 0 Å². The van der Waals surface area contributed by atoms with Gasteiger partial charge in [-0.05, 0) is 36.0 Å². The van der Waals surface area contributed by atoms with Gasteiger partial charge in [0.2, 0.25) is 5.88 Å². The van der Waals surface area contributed by atoms with Gasteiger partial charge >= 0.3 is 0 Å². The summed E-state index contributed by atoms with van der Waals surface area (Å²) in [7, 11) is 0. The number of ether oxygens (including phenoxy) is 1. The Labute approximate surface area is 131 Å². The van der Waals surface area contributed by atoms with Crippen molar-refractivity contribution < 1.29 is 4.74 Å². The van der Waals surface area contributed by atoms with Gasteiger partial charge in [-0.25, -0.2) is 4.98 Å². The summed E-state index contributed by atoms with van der Waals surface area (Å²) in [6.07, 6.45) is 3.05. The minimum absolute atomic E-state index is 0.684. The highest BCUT2D eigenvalue weighted by atomic mass is 32.1. The third kappa shape index (κ3) is 5.48. The van der Waals surface area contributed by atoms with Crippen LogP contribution in [-0.4, -0.2) is 18.1 Å². The zero-order valence-electron chi connectivity index (χ0n) is 12.9. The molecule has 0 aliphatic rings. The van der Waals surface area contributed by atoms with Crippen molar-refractivity contribution in [1.82, 2.24) is 10.3 Å². The average molecular weight is 304 g/mol. The number of hydrogen-bond donors (Lipinski definition) is 1. The lowest BCUT2D eigenvalue weighted by atomic mass is 10.1. The lowest BCUT2D eigenvalue weighted by molar-refractivity contribution is 0.309. The van der Waals surface area contributed by atoms with Gasteiger partial charge in [-0.15, -0.1) is 11.3 Å². The molecule has 2 rings (SSSR count). The third-order valence-corrected chi connectivity index (χ3v) is 4.11. The van der Waals surface area contributed by atoms with Gasteiger partial charge in [-0.3, -0.25) is 0 Å². The molecule has 0 unspecified atom stereocenters. The van der Waals surface area contributed by atoms with Crippen LogP contribution in [0.3, 0.4) is 0 Å². The molecule has 0 bridgehead atoms. The van der Waals surface area contributed by atoms with E-state index >= 15 is 0 Å². The highest BCUT2D eigenvalue weighted by Gasteiger charge is 2.04. The Balaban J connectivity index is 1.97. The number of hydrogen-bond acceptors (Lipinski definition) is 4. The lowest BCUT2D eigenvalue weighted by Gasteiger charge is -2.10. The van der Waals surface area contributed by atoms with Crippen LogP contribution < -0.4 is 10.1 Å². The van der Waals surface area contributed by atoms with Crippen LogP contribution in [-0.2, 0) is 19.4 Å². The van der Waals surface area contributed by atoms with Crippen molar-refractivity contribution in [3.63, 3.8) is 0 Å². The van der Waals surface area contributed by atoms with Crippen molar-refractivity contribution in [2.24, 2.45) is 0 Å². The van der Waals surface area contributed by atoms with Crippen LogP contribution in [0.15, 0.2) is 29.6 Å². The van der Waals surface area contributed by atoms with Gasteiger partial charge in [-0.1, -0.05) is 26.3 Å². The molecule has 0 fully saturated rings. The normalized spacial score (nSPS) is 10.8. The summed E-state index contributed by atoms with van der Waals surface area (Å²) >= 11 is 1.77. The molecule has 21 heavy (non-hydrogen) atoms. The molecule has 0 amide bonds. The van der Waals surface area contributed by atoms with E-state index in [1.165, 1.54) is 10.4 Å². The molecule has 0 aliphatic heterocycles. The van der Waals surface area contributed by atoms with Crippen molar-refractivity contribution >= 4 is 11.3 Å². The summed E-state index contributed by atoms with van der Waals surface area (Å²) in [6.45, 7) is 6.82. The minimum Gasteiger partial charge on any atom is -0.477 e. The molecular weight excluding hydrogens is 280 g/mol. The molecule has 0 atom stereocenters. The lowest BCUT2D eigenvalue weighted by Crippen LogP contribution is -2.13. The molecule has 0 spiro atoms. The van der Waals surface area contributed by atoms with Crippen LogP contribution in [0.2, 0.25) is 0 Å². The van der Waals surface area contributed by atoms with Crippen LogP contribution in [0.5, 0.6) is 5.88 Å². The van der Waals surface area contributed by atoms with Gasteiger partial charge in [0, 0.05) is 29.6 Å². The summed E-state index contributed by atoms with van der Waals surface area (Å²) in [5, 5.41) is 5.46. The highest BCUT2D eigenvalue weighted by Crippen LogP contribution is 2.15. The van der Waals surface area contributed by atoms with E-state index in [1.807, 2.05) is 0 Å². The van der Waals surface area contributed by atoms with Crippen LogP contribution in [0, 0.1) is 0 Å². The SMILES string of the molecule is CCCc1cc(CNCC)cc(OCCc2cccs2)n1. The molecular formula is C17H24N2OS. The Morgan fingerprint density at radius 2 is 2.14 bits per heavy atom. The number of aryl methyl sites for hydroxylation is 1. The maximum atomic E-state index is 5.85. The molecule has 4 heteroatoms. The maximum absolute atomic E-state index is 5.85. The van der Waals surface area contributed by atoms with Gasteiger partial charge in [0.1, 0.15) is 0 Å². The van der Waals surface area contributed by atoms with E-state index in [-0.39, 0.29) is 0 Å². The van der Waals surface area contributed by atoms with Crippen molar-refractivity contribution in [2.75, 3.05) is 13.2 Å². The Morgan fingerprint density at radius 1 is 1.24 bits per heavy atom. The van der Waals surface area contributed by atoms with E-state index in [2.05, 4.69) is 53.8 Å². The Kier molecular flexibility index (Phi) is 6.70. The van der Waals surface area contributed by atoms with E-state index in [4.69, 9.17) is 4.74 Å².